The number of likely N-dealkylation sites (tertiary alicyclic amines) is 1. The first kappa shape index (κ1) is 12.6. The van der Waals surface area contributed by atoms with Gasteiger partial charge in [-0.25, -0.2) is 0 Å². The number of hydrogen-bond donors (Lipinski definition) is 0. The Hall–Kier alpha value is -0.820. The third-order valence-electron chi connectivity index (χ3n) is 3.77. The molecule has 1 saturated heterocycles. The van der Waals surface area contributed by atoms with E-state index in [2.05, 4.69) is 69.9 Å². The average Bonchev–Trinajstić information content (AvgIpc) is 2.56. The maximum absolute atomic E-state index is 2.66. The lowest BCUT2D eigenvalue weighted by Gasteiger charge is -2.37. The summed E-state index contributed by atoms with van der Waals surface area (Å²) >= 11 is 0. The van der Waals surface area contributed by atoms with Crippen LogP contribution in [0.4, 0.5) is 0 Å². The van der Waals surface area contributed by atoms with Gasteiger partial charge in [0.15, 0.2) is 0 Å². The van der Waals surface area contributed by atoms with Crippen molar-refractivity contribution in [2.24, 2.45) is 5.41 Å². The summed E-state index contributed by atoms with van der Waals surface area (Å²) in [5.41, 5.74) is 2.13. The van der Waals surface area contributed by atoms with Crippen molar-refractivity contribution >= 4 is 0 Å². The molecule has 1 fully saturated rings. The molecule has 1 heterocycles. The quantitative estimate of drug-likeness (QED) is 0.698. The van der Waals surface area contributed by atoms with E-state index in [9.17, 15) is 0 Å². The van der Waals surface area contributed by atoms with Gasteiger partial charge in [-0.05, 0) is 38.2 Å². The Balaban J connectivity index is 2.32. The molecule has 1 unspecified atom stereocenters. The summed E-state index contributed by atoms with van der Waals surface area (Å²) < 4.78 is 0. The van der Waals surface area contributed by atoms with Gasteiger partial charge >= 0.3 is 0 Å². The topological polar surface area (TPSA) is 3.24 Å². The maximum atomic E-state index is 2.66. The Morgan fingerprint density at radius 1 is 1.12 bits per heavy atom. The van der Waals surface area contributed by atoms with E-state index in [0.717, 1.165) is 0 Å². The van der Waals surface area contributed by atoms with Gasteiger partial charge in [-0.2, -0.15) is 0 Å². The van der Waals surface area contributed by atoms with E-state index in [1.807, 2.05) is 0 Å². The van der Waals surface area contributed by atoms with Gasteiger partial charge in [0.1, 0.15) is 0 Å². The maximum Gasteiger partial charge on any atom is 0.0359 e. The van der Waals surface area contributed by atoms with Crippen molar-refractivity contribution in [1.29, 1.82) is 0 Å². The predicted molar refractivity (Wildman–Crippen MR) is 74.0 cm³/mol. The Kier molecular flexibility index (Phi) is 3.07. The van der Waals surface area contributed by atoms with Gasteiger partial charge in [-0.3, -0.25) is 4.90 Å². The van der Waals surface area contributed by atoms with Crippen LogP contribution in [0.2, 0.25) is 0 Å². The minimum Gasteiger partial charge on any atom is -0.291 e. The van der Waals surface area contributed by atoms with Gasteiger partial charge in [0.2, 0.25) is 0 Å². The summed E-state index contributed by atoms with van der Waals surface area (Å²) in [4.78, 5) is 2.66. The fourth-order valence-electron chi connectivity index (χ4n) is 2.95. The van der Waals surface area contributed by atoms with Crippen molar-refractivity contribution in [3.8, 4) is 0 Å². The van der Waals surface area contributed by atoms with Gasteiger partial charge < -0.3 is 0 Å². The Labute approximate surface area is 106 Å². The van der Waals surface area contributed by atoms with Crippen molar-refractivity contribution in [2.75, 3.05) is 6.54 Å². The molecule has 0 aromatic heterocycles. The summed E-state index contributed by atoms with van der Waals surface area (Å²) in [6, 6.07) is 11.5. The lowest BCUT2D eigenvalue weighted by molar-refractivity contribution is 0.114. The van der Waals surface area contributed by atoms with E-state index in [0.29, 0.717) is 11.5 Å². The second-order valence-corrected chi connectivity index (χ2v) is 7.09. The summed E-state index contributed by atoms with van der Waals surface area (Å²) in [7, 11) is 0. The molecule has 0 N–H and O–H groups in total. The minimum atomic E-state index is 0.244. The molecule has 0 bridgehead atoms. The van der Waals surface area contributed by atoms with Gasteiger partial charge in [-0.1, -0.05) is 44.2 Å². The van der Waals surface area contributed by atoms with Gasteiger partial charge in [0.25, 0.3) is 0 Å². The first-order chi connectivity index (χ1) is 7.80. The molecule has 17 heavy (non-hydrogen) atoms. The number of rotatable bonds is 1. The first-order valence-electron chi connectivity index (χ1n) is 6.61. The fraction of sp³-hybridized carbons (Fsp3) is 0.625. The van der Waals surface area contributed by atoms with Crippen LogP contribution in [0.1, 0.15) is 52.6 Å². The molecule has 1 heteroatoms. The second-order valence-electron chi connectivity index (χ2n) is 7.09. The van der Waals surface area contributed by atoms with E-state index in [4.69, 9.17) is 0 Å². The minimum absolute atomic E-state index is 0.244. The smallest absolute Gasteiger partial charge is 0.0359 e. The summed E-state index contributed by atoms with van der Waals surface area (Å²) in [5, 5.41) is 0. The molecule has 94 valence electrons. The molecular formula is C16H25N. The van der Waals surface area contributed by atoms with E-state index in [-0.39, 0.29) is 5.54 Å². The summed E-state index contributed by atoms with van der Waals surface area (Å²) in [5.74, 6) is 0. The van der Waals surface area contributed by atoms with E-state index < -0.39 is 0 Å². The van der Waals surface area contributed by atoms with E-state index in [1.165, 1.54) is 18.5 Å². The van der Waals surface area contributed by atoms with Crippen LogP contribution >= 0.6 is 0 Å². The van der Waals surface area contributed by atoms with Crippen LogP contribution in [0.3, 0.4) is 0 Å². The van der Waals surface area contributed by atoms with Crippen molar-refractivity contribution in [3.63, 3.8) is 0 Å². The highest BCUT2D eigenvalue weighted by Gasteiger charge is 2.42. The summed E-state index contributed by atoms with van der Waals surface area (Å²) in [6.45, 7) is 12.9. The van der Waals surface area contributed by atoms with Crippen LogP contribution in [0.15, 0.2) is 30.3 Å². The lowest BCUT2D eigenvalue weighted by atomic mass is 9.89. The highest BCUT2D eigenvalue weighted by Crippen LogP contribution is 2.45. The molecule has 1 aliphatic heterocycles. The number of benzene rings is 1. The van der Waals surface area contributed by atoms with E-state index in [1.54, 1.807) is 0 Å². The van der Waals surface area contributed by atoms with Crippen molar-refractivity contribution in [3.05, 3.63) is 35.9 Å². The van der Waals surface area contributed by atoms with Crippen LogP contribution in [0.5, 0.6) is 0 Å². The fourth-order valence-corrected chi connectivity index (χ4v) is 2.95. The van der Waals surface area contributed by atoms with Gasteiger partial charge in [-0.15, -0.1) is 0 Å². The molecule has 0 saturated carbocycles. The summed E-state index contributed by atoms with van der Waals surface area (Å²) in [6.07, 6.45) is 1.26. The lowest BCUT2D eigenvalue weighted by Crippen LogP contribution is -2.41. The molecule has 0 amide bonds. The highest BCUT2D eigenvalue weighted by molar-refractivity contribution is 5.21. The third kappa shape index (κ3) is 2.71. The molecule has 1 aromatic rings. The molecule has 1 atom stereocenters. The largest absolute Gasteiger partial charge is 0.291 e. The second kappa shape index (κ2) is 4.13. The first-order valence-corrected chi connectivity index (χ1v) is 6.61. The molecule has 0 spiro atoms. The molecule has 1 aliphatic rings. The zero-order chi connectivity index (χ0) is 12.7. The molecule has 1 aromatic carbocycles. The normalized spacial score (nSPS) is 25.1. The average molecular weight is 231 g/mol. The van der Waals surface area contributed by atoms with Crippen LogP contribution < -0.4 is 0 Å². The molecule has 1 nitrogen and oxygen atoms in total. The Morgan fingerprint density at radius 3 is 2.24 bits per heavy atom. The van der Waals surface area contributed by atoms with Gasteiger partial charge in [0, 0.05) is 18.1 Å². The molecule has 2 rings (SSSR count). The predicted octanol–water partition coefficient (Wildman–Crippen LogP) is 4.26. The van der Waals surface area contributed by atoms with Crippen LogP contribution in [0, 0.1) is 5.41 Å². The highest BCUT2D eigenvalue weighted by atomic mass is 15.2. The molecule has 0 radical (unpaired) electrons. The SMILES string of the molecule is CC1(C)CC(c2ccccc2)N(C(C)(C)C)C1. The Morgan fingerprint density at radius 2 is 1.71 bits per heavy atom. The van der Waals surface area contributed by atoms with Crippen LogP contribution in [0.25, 0.3) is 0 Å². The third-order valence-corrected chi connectivity index (χ3v) is 3.77. The molecular weight excluding hydrogens is 206 g/mol. The standard InChI is InChI=1S/C16H25N/c1-15(2,3)17-12-16(4,5)11-14(17)13-9-7-6-8-10-13/h6-10,14H,11-12H2,1-5H3. The van der Waals surface area contributed by atoms with Crippen LogP contribution in [-0.4, -0.2) is 17.0 Å². The Bertz CT molecular complexity index is 372. The van der Waals surface area contributed by atoms with Crippen LogP contribution in [-0.2, 0) is 0 Å². The monoisotopic (exact) mass is 231 g/mol. The number of nitrogens with zero attached hydrogens (tertiary/aromatic N) is 1. The van der Waals surface area contributed by atoms with Crippen molar-refractivity contribution in [1.82, 2.24) is 4.90 Å². The van der Waals surface area contributed by atoms with Crippen molar-refractivity contribution < 1.29 is 0 Å². The zero-order valence-electron chi connectivity index (χ0n) is 11.8. The van der Waals surface area contributed by atoms with Crippen molar-refractivity contribution in [2.45, 2.75) is 52.6 Å². The van der Waals surface area contributed by atoms with E-state index >= 15 is 0 Å². The zero-order valence-corrected chi connectivity index (χ0v) is 11.8. The number of hydrogen-bond acceptors (Lipinski definition) is 1. The van der Waals surface area contributed by atoms with Gasteiger partial charge in [0.05, 0.1) is 0 Å². The molecule has 0 aliphatic carbocycles.